The van der Waals surface area contributed by atoms with E-state index in [0.29, 0.717) is 22.6 Å². The SMILES string of the molecule is COc1cc(C)c(-c2coc(N)c2C#N)cc1OC. The van der Waals surface area contributed by atoms with Crippen molar-refractivity contribution >= 4 is 5.88 Å². The number of ether oxygens (including phenoxy) is 2. The summed E-state index contributed by atoms with van der Waals surface area (Å²) < 4.78 is 15.6. The largest absolute Gasteiger partial charge is 0.493 e. The van der Waals surface area contributed by atoms with Crippen molar-refractivity contribution in [3.8, 4) is 28.7 Å². The van der Waals surface area contributed by atoms with Crippen LogP contribution in [-0.2, 0) is 0 Å². The lowest BCUT2D eigenvalue weighted by molar-refractivity contribution is 0.355. The normalized spacial score (nSPS) is 10.0. The first-order valence-corrected chi connectivity index (χ1v) is 5.62. The van der Waals surface area contributed by atoms with Gasteiger partial charge in [0, 0.05) is 5.56 Å². The van der Waals surface area contributed by atoms with Gasteiger partial charge in [-0.25, -0.2) is 0 Å². The Morgan fingerprint density at radius 2 is 1.79 bits per heavy atom. The highest BCUT2D eigenvalue weighted by atomic mass is 16.5. The van der Waals surface area contributed by atoms with Crippen LogP contribution in [-0.4, -0.2) is 14.2 Å². The number of nitrogens with zero attached hydrogens (tertiary/aromatic N) is 1. The molecule has 0 spiro atoms. The van der Waals surface area contributed by atoms with Crippen LogP contribution < -0.4 is 15.2 Å². The van der Waals surface area contributed by atoms with Gasteiger partial charge in [-0.3, -0.25) is 0 Å². The van der Waals surface area contributed by atoms with Crippen molar-refractivity contribution in [3.05, 3.63) is 29.5 Å². The first kappa shape index (κ1) is 12.8. The predicted octanol–water partition coefficient (Wildman–Crippen LogP) is 2.73. The molecule has 0 saturated carbocycles. The van der Waals surface area contributed by atoms with Gasteiger partial charge in [0.1, 0.15) is 17.9 Å². The number of furan rings is 1. The van der Waals surface area contributed by atoms with Gasteiger partial charge in [0.05, 0.1) is 14.2 Å². The summed E-state index contributed by atoms with van der Waals surface area (Å²) in [6, 6.07) is 5.70. The molecule has 0 unspecified atom stereocenters. The molecular formula is C14H14N2O3. The zero-order valence-electron chi connectivity index (χ0n) is 11.0. The number of hydrogen-bond donors (Lipinski definition) is 1. The standard InChI is InChI=1S/C14H14N2O3/c1-8-4-12(17-2)13(18-3)5-9(8)11-7-19-14(16)10(11)6-15/h4-5,7H,16H2,1-3H3. The third kappa shape index (κ3) is 2.08. The minimum absolute atomic E-state index is 0.117. The average molecular weight is 258 g/mol. The molecule has 2 aromatic rings. The molecule has 1 heterocycles. The Morgan fingerprint density at radius 3 is 2.37 bits per heavy atom. The van der Waals surface area contributed by atoms with Crippen molar-refractivity contribution in [1.29, 1.82) is 5.26 Å². The Morgan fingerprint density at radius 1 is 1.16 bits per heavy atom. The summed E-state index contributed by atoms with van der Waals surface area (Å²) >= 11 is 0. The lowest BCUT2D eigenvalue weighted by Crippen LogP contribution is -1.94. The van der Waals surface area contributed by atoms with Gasteiger partial charge >= 0.3 is 0 Å². The summed E-state index contributed by atoms with van der Waals surface area (Å²) in [4.78, 5) is 0. The van der Waals surface area contributed by atoms with E-state index in [1.807, 2.05) is 19.1 Å². The van der Waals surface area contributed by atoms with Crippen LogP contribution in [0.25, 0.3) is 11.1 Å². The molecule has 0 fully saturated rings. The Bertz CT molecular complexity index is 653. The van der Waals surface area contributed by atoms with E-state index in [4.69, 9.17) is 24.9 Å². The Balaban J connectivity index is 2.66. The second-order valence-corrected chi connectivity index (χ2v) is 4.02. The van der Waals surface area contributed by atoms with Gasteiger partial charge in [-0.05, 0) is 30.2 Å². The Kier molecular flexibility index (Phi) is 3.34. The van der Waals surface area contributed by atoms with Crippen molar-refractivity contribution < 1.29 is 13.9 Å². The minimum atomic E-state index is 0.117. The number of nitriles is 1. The molecule has 1 aromatic heterocycles. The average Bonchev–Trinajstić information content (AvgIpc) is 2.79. The summed E-state index contributed by atoms with van der Waals surface area (Å²) in [7, 11) is 3.14. The first-order valence-electron chi connectivity index (χ1n) is 5.62. The second kappa shape index (κ2) is 4.94. The zero-order valence-corrected chi connectivity index (χ0v) is 11.0. The molecule has 0 radical (unpaired) electrons. The number of aryl methyl sites for hydroxylation is 1. The van der Waals surface area contributed by atoms with Crippen LogP contribution in [0.3, 0.4) is 0 Å². The fourth-order valence-corrected chi connectivity index (χ4v) is 1.96. The van der Waals surface area contributed by atoms with E-state index in [1.165, 1.54) is 6.26 Å². The molecule has 5 heteroatoms. The lowest BCUT2D eigenvalue weighted by Gasteiger charge is -2.12. The molecule has 0 atom stereocenters. The molecule has 0 aliphatic rings. The molecule has 2 rings (SSSR count). The molecule has 98 valence electrons. The number of benzene rings is 1. The summed E-state index contributed by atoms with van der Waals surface area (Å²) in [5.74, 6) is 1.34. The summed E-state index contributed by atoms with van der Waals surface area (Å²) in [5, 5.41) is 9.12. The number of hydrogen-bond acceptors (Lipinski definition) is 5. The maximum absolute atomic E-state index is 9.12. The molecule has 5 nitrogen and oxygen atoms in total. The van der Waals surface area contributed by atoms with Crippen LogP contribution in [0.2, 0.25) is 0 Å². The topological polar surface area (TPSA) is 81.4 Å². The van der Waals surface area contributed by atoms with Gasteiger partial charge in [0.25, 0.3) is 0 Å². The summed E-state index contributed by atoms with van der Waals surface area (Å²) in [6.07, 6.45) is 1.47. The lowest BCUT2D eigenvalue weighted by atomic mass is 9.99. The summed E-state index contributed by atoms with van der Waals surface area (Å²) in [5.41, 5.74) is 8.37. The van der Waals surface area contributed by atoms with Gasteiger partial charge < -0.3 is 19.6 Å². The molecule has 0 aliphatic heterocycles. The quantitative estimate of drug-likeness (QED) is 0.915. The number of methoxy groups -OCH3 is 2. The monoisotopic (exact) mass is 258 g/mol. The van der Waals surface area contributed by atoms with Crippen molar-refractivity contribution in [3.63, 3.8) is 0 Å². The molecule has 2 N–H and O–H groups in total. The fraction of sp³-hybridized carbons (Fsp3) is 0.214. The van der Waals surface area contributed by atoms with E-state index in [-0.39, 0.29) is 5.88 Å². The van der Waals surface area contributed by atoms with Gasteiger partial charge in [0.2, 0.25) is 5.88 Å². The second-order valence-electron chi connectivity index (χ2n) is 4.02. The highest BCUT2D eigenvalue weighted by molar-refractivity contribution is 5.78. The molecule has 0 bridgehead atoms. The molecule has 0 amide bonds. The van der Waals surface area contributed by atoms with Gasteiger partial charge in [0.15, 0.2) is 11.5 Å². The first-order chi connectivity index (χ1) is 9.12. The molecule has 19 heavy (non-hydrogen) atoms. The van der Waals surface area contributed by atoms with Crippen LogP contribution >= 0.6 is 0 Å². The zero-order chi connectivity index (χ0) is 14.0. The maximum Gasteiger partial charge on any atom is 0.208 e. The Labute approximate surface area is 111 Å². The number of nitrogen functional groups attached to an aromatic ring is 1. The fourth-order valence-electron chi connectivity index (χ4n) is 1.96. The van der Waals surface area contributed by atoms with Crippen molar-refractivity contribution in [2.24, 2.45) is 0 Å². The van der Waals surface area contributed by atoms with Crippen LogP contribution in [0, 0.1) is 18.3 Å². The predicted molar refractivity (Wildman–Crippen MR) is 71.1 cm³/mol. The smallest absolute Gasteiger partial charge is 0.208 e. The molecule has 0 aliphatic carbocycles. The van der Waals surface area contributed by atoms with E-state index in [1.54, 1.807) is 20.3 Å². The third-order valence-electron chi connectivity index (χ3n) is 2.95. The Hall–Kier alpha value is -2.61. The van der Waals surface area contributed by atoms with E-state index < -0.39 is 0 Å². The van der Waals surface area contributed by atoms with Crippen LogP contribution in [0.4, 0.5) is 5.88 Å². The highest BCUT2D eigenvalue weighted by Crippen LogP contribution is 2.38. The van der Waals surface area contributed by atoms with Gasteiger partial charge in [-0.2, -0.15) is 5.26 Å². The van der Waals surface area contributed by atoms with Crippen LogP contribution in [0.1, 0.15) is 11.1 Å². The molecule has 0 saturated heterocycles. The molecule has 1 aromatic carbocycles. The third-order valence-corrected chi connectivity index (χ3v) is 2.95. The summed E-state index contributed by atoms with van der Waals surface area (Å²) in [6.45, 7) is 1.92. The van der Waals surface area contributed by atoms with Crippen molar-refractivity contribution in [1.82, 2.24) is 0 Å². The minimum Gasteiger partial charge on any atom is -0.493 e. The van der Waals surface area contributed by atoms with Crippen molar-refractivity contribution in [2.45, 2.75) is 6.92 Å². The number of anilines is 1. The molecular weight excluding hydrogens is 244 g/mol. The van der Waals surface area contributed by atoms with E-state index in [2.05, 4.69) is 0 Å². The van der Waals surface area contributed by atoms with E-state index in [0.717, 1.165) is 11.1 Å². The van der Waals surface area contributed by atoms with Gasteiger partial charge in [-0.1, -0.05) is 0 Å². The van der Waals surface area contributed by atoms with Gasteiger partial charge in [-0.15, -0.1) is 0 Å². The van der Waals surface area contributed by atoms with E-state index in [9.17, 15) is 0 Å². The van der Waals surface area contributed by atoms with Crippen molar-refractivity contribution in [2.75, 3.05) is 20.0 Å². The number of rotatable bonds is 3. The van der Waals surface area contributed by atoms with Crippen LogP contribution in [0.15, 0.2) is 22.8 Å². The maximum atomic E-state index is 9.12. The highest BCUT2D eigenvalue weighted by Gasteiger charge is 2.17. The van der Waals surface area contributed by atoms with E-state index >= 15 is 0 Å². The number of nitrogens with two attached hydrogens (primary N) is 1. The van der Waals surface area contributed by atoms with Crippen LogP contribution in [0.5, 0.6) is 11.5 Å².